The Hall–Kier alpha value is -1.60. The predicted molar refractivity (Wildman–Crippen MR) is 91.6 cm³/mol. The lowest BCUT2D eigenvalue weighted by molar-refractivity contribution is 0.571. The molecule has 112 valence electrons. The van der Waals surface area contributed by atoms with E-state index in [1.165, 1.54) is 22.3 Å². The number of hydrogen-bond donors (Lipinski definition) is 1. The molecule has 1 atom stereocenters. The molecule has 0 radical (unpaired) electrons. The molecule has 0 saturated heterocycles. The van der Waals surface area contributed by atoms with Crippen molar-refractivity contribution in [3.8, 4) is 0 Å². The Kier molecular flexibility index (Phi) is 4.84. The average Bonchev–Trinajstić information content (AvgIpc) is 2.45. The zero-order chi connectivity index (χ0) is 15.5. The maximum atomic E-state index is 3.59. The molecule has 2 aromatic carbocycles. The zero-order valence-electron chi connectivity index (χ0n) is 13.9. The standard InChI is InChI=1S/C20H27N/c1-15-6-10-18(11-7-15)16(2)21-14-17-8-12-19(13-9-17)20(3,4)5/h6-13,16,21H,14H2,1-5H3. The number of hydrogen-bond acceptors (Lipinski definition) is 1. The second-order valence-corrected chi connectivity index (χ2v) is 6.96. The topological polar surface area (TPSA) is 12.0 Å². The van der Waals surface area contributed by atoms with E-state index in [9.17, 15) is 0 Å². The van der Waals surface area contributed by atoms with Crippen LogP contribution in [0.2, 0.25) is 0 Å². The number of benzene rings is 2. The molecule has 2 rings (SSSR count). The van der Waals surface area contributed by atoms with Crippen LogP contribution < -0.4 is 5.32 Å². The van der Waals surface area contributed by atoms with E-state index in [1.807, 2.05) is 0 Å². The summed E-state index contributed by atoms with van der Waals surface area (Å²) >= 11 is 0. The smallest absolute Gasteiger partial charge is 0.0294 e. The Bertz CT molecular complexity index is 558. The molecule has 0 fully saturated rings. The molecule has 0 saturated carbocycles. The summed E-state index contributed by atoms with van der Waals surface area (Å²) in [6, 6.07) is 18.1. The second kappa shape index (κ2) is 6.44. The highest BCUT2D eigenvalue weighted by atomic mass is 14.9. The molecule has 0 aliphatic heterocycles. The summed E-state index contributed by atoms with van der Waals surface area (Å²) in [6.45, 7) is 12.0. The Morgan fingerprint density at radius 1 is 0.905 bits per heavy atom. The fraction of sp³-hybridized carbons (Fsp3) is 0.400. The number of rotatable bonds is 4. The fourth-order valence-electron chi connectivity index (χ4n) is 2.37. The average molecular weight is 281 g/mol. The van der Waals surface area contributed by atoms with Crippen LogP contribution >= 0.6 is 0 Å². The van der Waals surface area contributed by atoms with Crippen LogP contribution in [0, 0.1) is 6.92 Å². The van der Waals surface area contributed by atoms with Crippen molar-refractivity contribution in [2.45, 2.75) is 52.6 Å². The van der Waals surface area contributed by atoms with Gasteiger partial charge in [0.2, 0.25) is 0 Å². The van der Waals surface area contributed by atoms with Gasteiger partial charge in [-0.25, -0.2) is 0 Å². The third-order valence-electron chi connectivity index (χ3n) is 4.01. The van der Waals surface area contributed by atoms with Crippen LogP contribution in [-0.4, -0.2) is 0 Å². The highest BCUT2D eigenvalue weighted by Gasteiger charge is 2.12. The van der Waals surface area contributed by atoms with Gasteiger partial charge in [-0.05, 0) is 36.0 Å². The van der Waals surface area contributed by atoms with Crippen LogP contribution in [0.4, 0.5) is 0 Å². The minimum atomic E-state index is 0.223. The van der Waals surface area contributed by atoms with Gasteiger partial charge < -0.3 is 5.32 Å². The molecule has 1 nitrogen and oxygen atoms in total. The van der Waals surface area contributed by atoms with Crippen LogP contribution in [0.15, 0.2) is 48.5 Å². The van der Waals surface area contributed by atoms with Crippen molar-refractivity contribution in [3.63, 3.8) is 0 Å². The molecule has 0 aliphatic rings. The summed E-state index contributed by atoms with van der Waals surface area (Å²) in [5.41, 5.74) is 5.59. The zero-order valence-corrected chi connectivity index (χ0v) is 13.9. The van der Waals surface area contributed by atoms with Crippen LogP contribution in [0.1, 0.15) is 56.0 Å². The van der Waals surface area contributed by atoms with Gasteiger partial charge in [-0.3, -0.25) is 0 Å². The first kappa shape index (κ1) is 15.8. The van der Waals surface area contributed by atoms with Crippen molar-refractivity contribution in [2.75, 3.05) is 0 Å². The minimum absolute atomic E-state index is 0.223. The second-order valence-electron chi connectivity index (χ2n) is 6.96. The fourth-order valence-corrected chi connectivity index (χ4v) is 2.37. The maximum Gasteiger partial charge on any atom is 0.0294 e. The maximum absolute atomic E-state index is 3.59. The molecule has 1 heteroatoms. The van der Waals surface area contributed by atoms with Gasteiger partial charge >= 0.3 is 0 Å². The van der Waals surface area contributed by atoms with Crippen molar-refractivity contribution in [1.82, 2.24) is 5.32 Å². The lowest BCUT2D eigenvalue weighted by atomic mass is 9.87. The molecule has 0 bridgehead atoms. The van der Waals surface area contributed by atoms with Gasteiger partial charge in [0.25, 0.3) is 0 Å². The van der Waals surface area contributed by atoms with Crippen molar-refractivity contribution in [2.24, 2.45) is 0 Å². The van der Waals surface area contributed by atoms with Crippen molar-refractivity contribution >= 4 is 0 Å². The SMILES string of the molecule is Cc1ccc(C(C)NCc2ccc(C(C)(C)C)cc2)cc1. The van der Waals surface area contributed by atoms with E-state index in [1.54, 1.807) is 0 Å². The van der Waals surface area contributed by atoms with Crippen molar-refractivity contribution in [1.29, 1.82) is 0 Å². The first-order chi connectivity index (χ1) is 9.86. The van der Waals surface area contributed by atoms with Crippen LogP contribution in [-0.2, 0) is 12.0 Å². The molecule has 21 heavy (non-hydrogen) atoms. The third kappa shape index (κ3) is 4.44. The Morgan fingerprint density at radius 2 is 1.48 bits per heavy atom. The van der Waals surface area contributed by atoms with Crippen LogP contribution in [0.3, 0.4) is 0 Å². The molecule has 1 N–H and O–H groups in total. The first-order valence-corrected chi connectivity index (χ1v) is 7.75. The monoisotopic (exact) mass is 281 g/mol. The van der Waals surface area contributed by atoms with Crippen molar-refractivity contribution in [3.05, 3.63) is 70.8 Å². The van der Waals surface area contributed by atoms with E-state index >= 15 is 0 Å². The summed E-state index contributed by atoms with van der Waals surface area (Å²) < 4.78 is 0. The molecule has 0 spiro atoms. The van der Waals surface area contributed by atoms with E-state index in [-0.39, 0.29) is 5.41 Å². The third-order valence-corrected chi connectivity index (χ3v) is 4.01. The summed E-state index contributed by atoms with van der Waals surface area (Å²) in [7, 11) is 0. The summed E-state index contributed by atoms with van der Waals surface area (Å²) in [5, 5.41) is 3.59. The predicted octanol–water partition coefficient (Wildman–Crippen LogP) is 5.14. The van der Waals surface area contributed by atoms with Gasteiger partial charge in [-0.2, -0.15) is 0 Å². The van der Waals surface area contributed by atoms with Gasteiger partial charge in [0.15, 0.2) is 0 Å². The van der Waals surface area contributed by atoms with Gasteiger partial charge in [0.05, 0.1) is 0 Å². The number of nitrogens with one attached hydrogen (secondary N) is 1. The Balaban J connectivity index is 1.95. The minimum Gasteiger partial charge on any atom is -0.306 e. The normalized spacial score (nSPS) is 13.2. The highest BCUT2D eigenvalue weighted by molar-refractivity contribution is 5.28. The molecular weight excluding hydrogens is 254 g/mol. The first-order valence-electron chi connectivity index (χ1n) is 7.75. The summed E-state index contributed by atoms with van der Waals surface area (Å²) in [5.74, 6) is 0. The Morgan fingerprint density at radius 3 is 2.00 bits per heavy atom. The molecule has 1 unspecified atom stereocenters. The molecule has 0 heterocycles. The molecule has 2 aromatic rings. The van der Waals surface area contributed by atoms with Gasteiger partial charge in [-0.1, -0.05) is 74.9 Å². The number of aryl methyl sites for hydroxylation is 1. The van der Waals surface area contributed by atoms with Crippen LogP contribution in [0.5, 0.6) is 0 Å². The van der Waals surface area contributed by atoms with E-state index in [4.69, 9.17) is 0 Å². The molecule has 0 aromatic heterocycles. The Labute approximate surface area is 129 Å². The largest absolute Gasteiger partial charge is 0.306 e. The molecular formula is C20H27N. The lowest BCUT2D eigenvalue weighted by Crippen LogP contribution is -2.18. The summed E-state index contributed by atoms with van der Waals surface area (Å²) in [4.78, 5) is 0. The van der Waals surface area contributed by atoms with E-state index in [2.05, 4.69) is 88.5 Å². The van der Waals surface area contributed by atoms with Crippen molar-refractivity contribution < 1.29 is 0 Å². The van der Waals surface area contributed by atoms with Gasteiger partial charge in [0.1, 0.15) is 0 Å². The van der Waals surface area contributed by atoms with Gasteiger partial charge in [-0.15, -0.1) is 0 Å². The van der Waals surface area contributed by atoms with E-state index in [0.29, 0.717) is 6.04 Å². The van der Waals surface area contributed by atoms with Gasteiger partial charge in [0, 0.05) is 12.6 Å². The van der Waals surface area contributed by atoms with Crippen LogP contribution in [0.25, 0.3) is 0 Å². The summed E-state index contributed by atoms with van der Waals surface area (Å²) in [6.07, 6.45) is 0. The lowest BCUT2D eigenvalue weighted by Gasteiger charge is -2.19. The van der Waals surface area contributed by atoms with E-state index < -0.39 is 0 Å². The molecule has 0 aliphatic carbocycles. The van der Waals surface area contributed by atoms with E-state index in [0.717, 1.165) is 6.54 Å². The quantitative estimate of drug-likeness (QED) is 0.818. The highest BCUT2D eigenvalue weighted by Crippen LogP contribution is 2.22. The molecule has 0 amide bonds.